The van der Waals surface area contributed by atoms with Crippen LogP contribution in [0.4, 0.5) is 8.78 Å². The van der Waals surface area contributed by atoms with Gasteiger partial charge in [-0.3, -0.25) is 0 Å². The van der Waals surface area contributed by atoms with Crippen molar-refractivity contribution in [3.63, 3.8) is 0 Å². The summed E-state index contributed by atoms with van der Waals surface area (Å²) in [7, 11) is 0. The Kier molecular flexibility index (Phi) is 4.51. The van der Waals surface area contributed by atoms with Crippen molar-refractivity contribution >= 4 is 11.6 Å². The van der Waals surface area contributed by atoms with Gasteiger partial charge in [0.1, 0.15) is 11.6 Å². The molecule has 1 nitrogen and oxygen atoms in total. The van der Waals surface area contributed by atoms with Crippen LogP contribution in [0.5, 0.6) is 0 Å². The van der Waals surface area contributed by atoms with E-state index in [0.717, 1.165) is 0 Å². The summed E-state index contributed by atoms with van der Waals surface area (Å²) in [6, 6.07) is 10.3. The van der Waals surface area contributed by atoms with Crippen LogP contribution < -0.4 is 0 Å². The monoisotopic (exact) mass is 282 g/mol. The molecule has 0 saturated carbocycles. The quantitative estimate of drug-likeness (QED) is 0.905. The molecule has 1 N–H and O–H groups in total. The van der Waals surface area contributed by atoms with Gasteiger partial charge < -0.3 is 5.11 Å². The molecular weight excluding hydrogens is 270 g/mol. The first-order valence-electron chi connectivity index (χ1n) is 5.91. The molecule has 0 amide bonds. The van der Waals surface area contributed by atoms with Crippen LogP contribution in [-0.4, -0.2) is 11.2 Å². The highest BCUT2D eigenvalue weighted by Gasteiger charge is 2.12. The molecule has 0 spiro atoms. The number of aliphatic hydroxyl groups is 1. The zero-order chi connectivity index (χ0) is 13.8. The second kappa shape index (κ2) is 6.13. The third-order valence-corrected chi connectivity index (χ3v) is 3.25. The number of rotatable bonds is 4. The molecule has 4 heteroatoms. The highest BCUT2D eigenvalue weighted by atomic mass is 35.5. The summed E-state index contributed by atoms with van der Waals surface area (Å²) in [4.78, 5) is 0. The van der Waals surface area contributed by atoms with Crippen molar-refractivity contribution in [1.82, 2.24) is 0 Å². The molecule has 0 aromatic heterocycles. The lowest BCUT2D eigenvalue weighted by Crippen LogP contribution is -2.15. The molecule has 0 aliphatic carbocycles. The predicted octanol–water partition coefficient (Wildman–Crippen LogP) is 3.76. The Balaban J connectivity index is 2.07. The first-order valence-corrected chi connectivity index (χ1v) is 6.29. The Morgan fingerprint density at radius 3 is 2.42 bits per heavy atom. The van der Waals surface area contributed by atoms with Crippen LogP contribution in [0.2, 0.25) is 5.02 Å². The fourth-order valence-corrected chi connectivity index (χ4v) is 2.14. The van der Waals surface area contributed by atoms with Gasteiger partial charge in [0.05, 0.1) is 6.10 Å². The van der Waals surface area contributed by atoms with Crippen molar-refractivity contribution < 1.29 is 13.9 Å². The maximum atomic E-state index is 13.4. The normalized spacial score (nSPS) is 12.4. The van der Waals surface area contributed by atoms with E-state index in [-0.39, 0.29) is 18.7 Å². The number of aliphatic hydroxyl groups excluding tert-OH is 1. The van der Waals surface area contributed by atoms with E-state index in [0.29, 0.717) is 16.1 Å². The Hall–Kier alpha value is -1.45. The third kappa shape index (κ3) is 3.75. The lowest BCUT2D eigenvalue weighted by Gasteiger charge is -2.12. The zero-order valence-corrected chi connectivity index (χ0v) is 10.9. The van der Waals surface area contributed by atoms with Gasteiger partial charge in [0.15, 0.2) is 0 Å². The fraction of sp³-hybridized carbons (Fsp3) is 0.200. The van der Waals surface area contributed by atoms with Crippen LogP contribution in [0.1, 0.15) is 11.1 Å². The number of hydrogen-bond acceptors (Lipinski definition) is 1. The van der Waals surface area contributed by atoms with E-state index in [2.05, 4.69) is 0 Å². The molecule has 100 valence electrons. The third-order valence-electron chi connectivity index (χ3n) is 2.88. The van der Waals surface area contributed by atoms with Gasteiger partial charge in [-0.25, -0.2) is 8.78 Å². The Morgan fingerprint density at radius 1 is 1.00 bits per heavy atom. The molecule has 1 atom stereocenters. The molecule has 0 bridgehead atoms. The van der Waals surface area contributed by atoms with Crippen LogP contribution in [0.15, 0.2) is 42.5 Å². The highest BCUT2D eigenvalue weighted by molar-refractivity contribution is 6.31. The minimum Gasteiger partial charge on any atom is -0.392 e. The molecule has 1 unspecified atom stereocenters. The highest BCUT2D eigenvalue weighted by Crippen LogP contribution is 2.20. The molecule has 0 heterocycles. The van der Waals surface area contributed by atoms with Crippen molar-refractivity contribution in [3.05, 3.63) is 70.2 Å². The topological polar surface area (TPSA) is 20.2 Å². The number of benzene rings is 2. The summed E-state index contributed by atoms with van der Waals surface area (Å²) in [5.41, 5.74) is 0.952. The van der Waals surface area contributed by atoms with Crippen LogP contribution >= 0.6 is 11.6 Å². The van der Waals surface area contributed by atoms with Gasteiger partial charge >= 0.3 is 0 Å². The van der Waals surface area contributed by atoms with Crippen LogP contribution in [-0.2, 0) is 12.8 Å². The maximum absolute atomic E-state index is 13.4. The van der Waals surface area contributed by atoms with E-state index in [9.17, 15) is 13.9 Å². The Morgan fingerprint density at radius 2 is 1.68 bits per heavy atom. The van der Waals surface area contributed by atoms with E-state index in [1.165, 1.54) is 24.3 Å². The van der Waals surface area contributed by atoms with Gasteiger partial charge in [-0.2, -0.15) is 0 Å². The van der Waals surface area contributed by atoms with Gasteiger partial charge in [0.2, 0.25) is 0 Å². The van der Waals surface area contributed by atoms with Gasteiger partial charge in [-0.05, 0) is 35.4 Å². The van der Waals surface area contributed by atoms with E-state index in [1.807, 2.05) is 0 Å². The Labute approximate surface area is 115 Å². The van der Waals surface area contributed by atoms with E-state index in [4.69, 9.17) is 11.6 Å². The van der Waals surface area contributed by atoms with Crippen molar-refractivity contribution in [2.24, 2.45) is 0 Å². The van der Waals surface area contributed by atoms with Crippen molar-refractivity contribution in [2.75, 3.05) is 0 Å². The van der Waals surface area contributed by atoms with Crippen molar-refractivity contribution in [3.8, 4) is 0 Å². The summed E-state index contributed by atoms with van der Waals surface area (Å²) in [6.45, 7) is 0. The SMILES string of the molecule is OC(Cc1ccccc1F)Cc1cc(F)ccc1Cl. The van der Waals surface area contributed by atoms with Gasteiger partial charge in [-0.1, -0.05) is 29.8 Å². The average Bonchev–Trinajstić information content (AvgIpc) is 2.37. The molecule has 2 aromatic carbocycles. The minimum absolute atomic E-state index is 0.166. The smallest absolute Gasteiger partial charge is 0.126 e. The van der Waals surface area contributed by atoms with Crippen LogP contribution in [0, 0.1) is 11.6 Å². The van der Waals surface area contributed by atoms with Gasteiger partial charge in [-0.15, -0.1) is 0 Å². The molecular formula is C15H13ClF2O. The molecule has 2 rings (SSSR count). The summed E-state index contributed by atoms with van der Waals surface area (Å²) in [5, 5.41) is 10.3. The van der Waals surface area contributed by atoms with E-state index < -0.39 is 11.9 Å². The lowest BCUT2D eigenvalue weighted by molar-refractivity contribution is 0.174. The summed E-state index contributed by atoms with van der Waals surface area (Å²) >= 11 is 5.92. The van der Waals surface area contributed by atoms with Crippen LogP contribution in [0.3, 0.4) is 0 Å². The standard InChI is InChI=1S/C15H13ClF2O/c16-14-6-5-12(17)7-11(14)9-13(19)8-10-3-1-2-4-15(10)18/h1-7,13,19H,8-9H2. The largest absolute Gasteiger partial charge is 0.392 e. The van der Waals surface area contributed by atoms with Gasteiger partial charge in [0, 0.05) is 17.9 Å². The Bertz CT molecular complexity index is 572. The second-order valence-electron chi connectivity index (χ2n) is 4.39. The molecule has 0 fully saturated rings. The first-order chi connectivity index (χ1) is 9.06. The molecule has 0 saturated heterocycles. The van der Waals surface area contributed by atoms with Crippen LogP contribution in [0.25, 0.3) is 0 Å². The first kappa shape index (κ1) is 14.0. The number of hydrogen-bond donors (Lipinski definition) is 1. The lowest BCUT2D eigenvalue weighted by atomic mass is 10.0. The molecule has 2 aromatic rings. The number of halogens is 3. The predicted molar refractivity (Wildman–Crippen MR) is 71.2 cm³/mol. The summed E-state index contributed by atoms with van der Waals surface area (Å²) < 4.78 is 26.5. The van der Waals surface area contributed by atoms with Crippen molar-refractivity contribution in [1.29, 1.82) is 0 Å². The second-order valence-corrected chi connectivity index (χ2v) is 4.80. The average molecular weight is 283 g/mol. The van der Waals surface area contributed by atoms with E-state index >= 15 is 0 Å². The molecule has 19 heavy (non-hydrogen) atoms. The summed E-state index contributed by atoms with van der Waals surface area (Å²) in [5.74, 6) is -0.760. The molecule has 0 aliphatic heterocycles. The zero-order valence-electron chi connectivity index (χ0n) is 10.1. The van der Waals surface area contributed by atoms with Gasteiger partial charge in [0.25, 0.3) is 0 Å². The maximum Gasteiger partial charge on any atom is 0.126 e. The van der Waals surface area contributed by atoms with Crippen molar-refractivity contribution in [2.45, 2.75) is 18.9 Å². The molecule has 0 radical (unpaired) electrons. The summed E-state index contributed by atoms with van der Waals surface area (Å²) in [6.07, 6.45) is -0.457. The minimum atomic E-state index is -0.809. The van der Waals surface area contributed by atoms with E-state index in [1.54, 1.807) is 18.2 Å². The molecule has 0 aliphatic rings. The fourth-order valence-electron chi connectivity index (χ4n) is 1.94.